The highest BCUT2D eigenvalue weighted by Crippen LogP contribution is 2.27. The standard InChI is InChI=1S/C26H44N4O6S/c1-4-9-21(25(32)28-37(34,35)20-11-12-20)27-26(33)22-10-8-17-30(22)23(31)13-14-24(36-18-19(2)3)29-15-6-5-7-16-29/h4,19-22,24H,1,5-18H2,2-3H3,(H,27,33)(H,28,32)/t21-,22+,24?/m1/s1. The van der Waals surface area contributed by atoms with Gasteiger partial charge < -0.3 is 15.0 Å². The first kappa shape index (κ1) is 29.6. The normalized spacial score (nSPS) is 22.5. The van der Waals surface area contributed by atoms with Gasteiger partial charge in [0.05, 0.1) is 11.9 Å². The molecule has 3 amide bonds. The lowest BCUT2D eigenvalue weighted by molar-refractivity contribution is -0.141. The fourth-order valence-electron chi connectivity index (χ4n) is 4.95. The molecule has 37 heavy (non-hydrogen) atoms. The van der Waals surface area contributed by atoms with Crippen LogP contribution in [0.3, 0.4) is 0 Å². The van der Waals surface area contributed by atoms with E-state index in [9.17, 15) is 22.8 Å². The second-order valence-corrected chi connectivity index (χ2v) is 12.8. The first-order valence-electron chi connectivity index (χ1n) is 13.7. The molecule has 2 heterocycles. The van der Waals surface area contributed by atoms with E-state index >= 15 is 0 Å². The van der Waals surface area contributed by atoms with E-state index in [0.717, 1.165) is 25.9 Å². The molecule has 2 saturated heterocycles. The van der Waals surface area contributed by atoms with E-state index in [2.05, 4.69) is 35.4 Å². The van der Waals surface area contributed by atoms with Crippen LogP contribution in [0.25, 0.3) is 0 Å². The molecule has 0 bridgehead atoms. The smallest absolute Gasteiger partial charge is 0.256 e. The number of amides is 3. The van der Waals surface area contributed by atoms with E-state index in [4.69, 9.17) is 4.74 Å². The van der Waals surface area contributed by atoms with Gasteiger partial charge in [0, 0.05) is 26.1 Å². The number of nitrogens with one attached hydrogen (secondary N) is 2. The molecule has 1 aliphatic carbocycles. The highest BCUT2D eigenvalue weighted by molar-refractivity contribution is 7.90. The second kappa shape index (κ2) is 13.7. The Hall–Kier alpha value is -1.98. The predicted octanol–water partition coefficient (Wildman–Crippen LogP) is 1.91. The number of sulfonamides is 1. The Kier molecular flexibility index (Phi) is 11.0. The number of rotatable bonds is 14. The van der Waals surface area contributed by atoms with Crippen molar-refractivity contribution in [3.8, 4) is 0 Å². The number of hydrogen-bond acceptors (Lipinski definition) is 7. The Labute approximate surface area is 221 Å². The Morgan fingerprint density at radius 2 is 1.76 bits per heavy atom. The van der Waals surface area contributed by atoms with Crippen molar-refractivity contribution in [3.63, 3.8) is 0 Å². The molecule has 0 radical (unpaired) electrons. The number of nitrogens with zero attached hydrogens (tertiary/aromatic N) is 2. The van der Waals surface area contributed by atoms with Crippen LogP contribution >= 0.6 is 0 Å². The van der Waals surface area contributed by atoms with Crippen LogP contribution in [0.4, 0.5) is 0 Å². The highest BCUT2D eigenvalue weighted by atomic mass is 32.2. The number of hydrogen-bond donors (Lipinski definition) is 2. The van der Waals surface area contributed by atoms with Gasteiger partial charge in [-0.3, -0.25) is 24.0 Å². The van der Waals surface area contributed by atoms with E-state index in [-0.39, 0.29) is 25.0 Å². The third-order valence-corrected chi connectivity index (χ3v) is 8.98. The number of piperidine rings is 1. The lowest BCUT2D eigenvalue weighted by Gasteiger charge is -2.35. The molecule has 11 heteroatoms. The summed E-state index contributed by atoms with van der Waals surface area (Å²) in [6, 6.07) is -1.75. The topological polar surface area (TPSA) is 125 Å². The predicted molar refractivity (Wildman–Crippen MR) is 141 cm³/mol. The first-order valence-corrected chi connectivity index (χ1v) is 15.3. The molecule has 0 spiro atoms. The molecule has 2 aliphatic heterocycles. The van der Waals surface area contributed by atoms with Gasteiger partial charge in [-0.1, -0.05) is 26.3 Å². The van der Waals surface area contributed by atoms with Crippen LogP contribution < -0.4 is 10.0 Å². The molecule has 210 valence electrons. The lowest BCUT2D eigenvalue weighted by atomic mass is 10.1. The molecule has 10 nitrogen and oxygen atoms in total. The van der Waals surface area contributed by atoms with Crippen LogP contribution in [-0.2, 0) is 29.1 Å². The van der Waals surface area contributed by atoms with Crippen molar-refractivity contribution in [1.82, 2.24) is 19.8 Å². The summed E-state index contributed by atoms with van der Waals surface area (Å²) in [7, 11) is -3.73. The van der Waals surface area contributed by atoms with Gasteiger partial charge in [0.1, 0.15) is 18.3 Å². The van der Waals surface area contributed by atoms with Crippen molar-refractivity contribution in [2.75, 3.05) is 26.2 Å². The third-order valence-electron chi connectivity index (χ3n) is 7.14. The van der Waals surface area contributed by atoms with Crippen LogP contribution in [-0.4, -0.2) is 85.7 Å². The molecule has 0 aromatic rings. The number of carbonyl (C=O) groups is 3. The summed E-state index contributed by atoms with van der Waals surface area (Å²) in [5.41, 5.74) is 0. The van der Waals surface area contributed by atoms with Gasteiger partial charge in [0.2, 0.25) is 21.8 Å². The maximum Gasteiger partial charge on any atom is 0.256 e. The van der Waals surface area contributed by atoms with Crippen LogP contribution in [0.2, 0.25) is 0 Å². The fourth-order valence-corrected chi connectivity index (χ4v) is 6.29. The van der Waals surface area contributed by atoms with Crippen molar-refractivity contribution < 1.29 is 27.5 Å². The molecule has 0 aromatic heterocycles. The molecule has 0 aromatic carbocycles. The minimum Gasteiger partial charge on any atom is -0.363 e. The van der Waals surface area contributed by atoms with Gasteiger partial charge >= 0.3 is 0 Å². The minimum absolute atomic E-state index is 0.0864. The molecule has 3 atom stereocenters. The van der Waals surface area contributed by atoms with Crippen LogP contribution in [0.15, 0.2) is 12.7 Å². The summed E-state index contributed by atoms with van der Waals surface area (Å²) < 4.78 is 32.6. The molecule has 3 fully saturated rings. The summed E-state index contributed by atoms with van der Waals surface area (Å²) in [5.74, 6) is -0.925. The van der Waals surface area contributed by atoms with Crippen molar-refractivity contribution in [2.45, 2.75) is 102 Å². The van der Waals surface area contributed by atoms with Gasteiger partial charge in [-0.15, -0.1) is 6.58 Å². The van der Waals surface area contributed by atoms with E-state index in [1.807, 2.05) is 0 Å². The molecule has 3 aliphatic rings. The Morgan fingerprint density at radius 1 is 1.05 bits per heavy atom. The summed E-state index contributed by atoms with van der Waals surface area (Å²) in [6.07, 6.45) is 8.00. The zero-order valence-corrected chi connectivity index (χ0v) is 23.1. The molecule has 1 unspecified atom stereocenters. The van der Waals surface area contributed by atoms with E-state index < -0.39 is 39.2 Å². The molecular formula is C26H44N4O6S. The third kappa shape index (κ3) is 8.78. The van der Waals surface area contributed by atoms with Gasteiger partial charge in [0.25, 0.3) is 5.91 Å². The summed E-state index contributed by atoms with van der Waals surface area (Å²) >= 11 is 0. The Bertz CT molecular complexity index is 914. The zero-order chi connectivity index (χ0) is 27.0. The molecular weight excluding hydrogens is 496 g/mol. The van der Waals surface area contributed by atoms with Crippen molar-refractivity contribution in [1.29, 1.82) is 0 Å². The molecule has 2 N–H and O–H groups in total. The van der Waals surface area contributed by atoms with Crippen LogP contribution in [0.5, 0.6) is 0 Å². The monoisotopic (exact) mass is 540 g/mol. The summed E-state index contributed by atoms with van der Waals surface area (Å²) in [5, 5.41) is 2.12. The van der Waals surface area contributed by atoms with Crippen molar-refractivity contribution in [3.05, 3.63) is 12.7 Å². The Morgan fingerprint density at radius 3 is 2.38 bits per heavy atom. The SMILES string of the molecule is C=CC[C@@H](NC(=O)[C@@H]1CCCN1C(=O)CCC(OCC(C)C)N1CCCCC1)C(=O)NS(=O)(=O)C1CC1. The maximum atomic E-state index is 13.2. The number of likely N-dealkylation sites (tertiary alicyclic amines) is 2. The largest absolute Gasteiger partial charge is 0.363 e. The molecule has 1 saturated carbocycles. The first-order chi connectivity index (χ1) is 17.6. The highest BCUT2D eigenvalue weighted by Gasteiger charge is 2.39. The second-order valence-electron chi connectivity index (χ2n) is 10.9. The van der Waals surface area contributed by atoms with Crippen LogP contribution in [0, 0.1) is 5.92 Å². The summed E-state index contributed by atoms with van der Waals surface area (Å²) in [6.45, 7) is 10.9. The maximum absolute atomic E-state index is 13.2. The van der Waals surface area contributed by atoms with Gasteiger partial charge in [-0.25, -0.2) is 8.42 Å². The van der Waals surface area contributed by atoms with Gasteiger partial charge in [-0.05, 0) is 57.3 Å². The van der Waals surface area contributed by atoms with Crippen molar-refractivity contribution >= 4 is 27.7 Å². The van der Waals surface area contributed by atoms with Crippen LogP contribution in [0.1, 0.15) is 78.1 Å². The quantitative estimate of drug-likeness (QED) is 0.323. The zero-order valence-electron chi connectivity index (χ0n) is 22.3. The van der Waals surface area contributed by atoms with Gasteiger partial charge in [0.15, 0.2) is 0 Å². The van der Waals surface area contributed by atoms with E-state index in [1.165, 1.54) is 12.5 Å². The number of carbonyl (C=O) groups excluding carboxylic acids is 3. The number of ether oxygens (including phenoxy) is 1. The minimum atomic E-state index is -3.73. The van der Waals surface area contributed by atoms with Gasteiger partial charge in [-0.2, -0.15) is 0 Å². The fraction of sp³-hybridized carbons (Fsp3) is 0.808. The molecule has 3 rings (SSSR count). The lowest BCUT2D eigenvalue weighted by Crippen LogP contribution is -2.54. The average Bonchev–Trinajstić information content (AvgIpc) is 3.61. The average molecular weight is 541 g/mol. The van der Waals surface area contributed by atoms with E-state index in [1.54, 1.807) is 4.90 Å². The Balaban J connectivity index is 1.57. The summed E-state index contributed by atoms with van der Waals surface area (Å²) in [4.78, 5) is 42.9. The van der Waals surface area contributed by atoms with Crippen molar-refractivity contribution in [2.24, 2.45) is 5.92 Å². The van der Waals surface area contributed by atoms with E-state index in [0.29, 0.717) is 51.2 Å².